The third kappa shape index (κ3) is 2.90. The average molecular weight is 385 g/mol. The van der Waals surface area contributed by atoms with Crippen LogP contribution >= 0.6 is 0 Å². The Kier molecular flexibility index (Phi) is 4.24. The molecule has 1 N–H and O–H groups in total. The van der Waals surface area contributed by atoms with Crippen molar-refractivity contribution in [2.45, 2.75) is 30.3 Å². The van der Waals surface area contributed by atoms with E-state index in [1.165, 1.54) is 4.31 Å². The molecule has 2 aromatic rings. The molecule has 0 radical (unpaired) electrons. The number of hydrogen-bond donors (Lipinski definition) is 1. The van der Waals surface area contributed by atoms with E-state index in [0.717, 1.165) is 10.5 Å². The van der Waals surface area contributed by atoms with Crippen LogP contribution in [0.25, 0.3) is 0 Å². The Bertz CT molecular complexity index is 989. The molecule has 7 nitrogen and oxygen atoms in total. The standard InChI is InChI=1S/C19H19N3O4S/c1-13-7-9-15(10-8-13)27(25,26)21-12-11-16-17(21)18(23)22(19(24)20-16)14-5-3-2-4-6-14/h2-10,16-17H,11-12H2,1H3,(H,20,24)/t16-,17-/m0/s1. The van der Waals surface area contributed by atoms with Crippen LogP contribution in [0.15, 0.2) is 59.5 Å². The van der Waals surface area contributed by atoms with E-state index in [1.54, 1.807) is 54.6 Å². The van der Waals surface area contributed by atoms with Crippen LogP contribution in [0.4, 0.5) is 10.5 Å². The molecule has 3 amide bonds. The SMILES string of the molecule is Cc1ccc(S(=O)(=O)N2CC[C@@H]3NC(=O)N(c4ccccc4)C(=O)[C@H]32)cc1. The second kappa shape index (κ2) is 6.47. The van der Waals surface area contributed by atoms with Gasteiger partial charge in [0.1, 0.15) is 6.04 Å². The summed E-state index contributed by atoms with van der Waals surface area (Å²) in [5, 5.41) is 2.78. The van der Waals surface area contributed by atoms with Crippen molar-refractivity contribution in [3.05, 3.63) is 60.2 Å². The van der Waals surface area contributed by atoms with E-state index in [0.29, 0.717) is 12.1 Å². The first-order chi connectivity index (χ1) is 12.9. The lowest BCUT2D eigenvalue weighted by molar-refractivity contribution is -0.122. The first kappa shape index (κ1) is 17.7. The number of benzene rings is 2. The summed E-state index contributed by atoms with van der Waals surface area (Å²) < 4.78 is 27.4. The number of imide groups is 1. The summed E-state index contributed by atoms with van der Waals surface area (Å²) in [5.74, 6) is -0.525. The molecule has 0 spiro atoms. The zero-order valence-electron chi connectivity index (χ0n) is 14.7. The Morgan fingerprint density at radius 3 is 2.33 bits per heavy atom. The van der Waals surface area contributed by atoms with Crippen LogP contribution in [-0.4, -0.2) is 43.3 Å². The summed E-state index contributed by atoms with van der Waals surface area (Å²) in [6.45, 7) is 2.06. The van der Waals surface area contributed by atoms with Crippen LogP contribution in [0, 0.1) is 6.92 Å². The molecule has 0 bridgehead atoms. The van der Waals surface area contributed by atoms with Gasteiger partial charge in [0, 0.05) is 6.54 Å². The predicted molar refractivity (Wildman–Crippen MR) is 99.7 cm³/mol. The average Bonchev–Trinajstić information content (AvgIpc) is 3.08. The fraction of sp³-hybridized carbons (Fsp3) is 0.263. The van der Waals surface area contributed by atoms with Crippen LogP contribution in [-0.2, 0) is 14.8 Å². The lowest BCUT2D eigenvalue weighted by Gasteiger charge is -2.36. The highest BCUT2D eigenvalue weighted by atomic mass is 32.2. The van der Waals surface area contributed by atoms with Gasteiger partial charge in [0.2, 0.25) is 10.0 Å². The third-order valence-electron chi connectivity index (χ3n) is 4.98. The van der Waals surface area contributed by atoms with Gasteiger partial charge in [0.25, 0.3) is 5.91 Å². The predicted octanol–water partition coefficient (Wildman–Crippen LogP) is 1.88. The topological polar surface area (TPSA) is 86.8 Å². The van der Waals surface area contributed by atoms with Crippen molar-refractivity contribution >= 4 is 27.6 Å². The smallest absolute Gasteiger partial charge is 0.329 e. The summed E-state index contributed by atoms with van der Waals surface area (Å²) in [6.07, 6.45) is 0.399. The van der Waals surface area contributed by atoms with Crippen molar-refractivity contribution < 1.29 is 18.0 Å². The molecule has 8 heteroatoms. The fourth-order valence-corrected chi connectivity index (χ4v) is 5.24. The molecule has 0 aromatic heterocycles. The molecule has 0 aliphatic carbocycles. The van der Waals surface area contributed by atoms with Crippen molar-refractivity contribution in [3.8, 4) is 0 Å². The summed E-state index contributed by atoms with van der Waals surface area (Å²) in [4.78, 5) is 26.7. The van der Waals surface area contributed by atoms with Crippen LogP contribution in [0.3, 0.4) is 0 Å². The van der Waals surface area contributed by atoms with Gasteiger partial charge in [-0.2, -0.15) is 4.31 Å². The second-order valence-electron chi connectivity index (χ2n) is 6.73. The van der Waals surface area contributed by atoms with Crippen LogP contribution < -0.4 is 10.2 Å². The van der Waals surface area contributed by atoms with Gasteiger partial charge >= 0.3 is 6.03 Å². The molecule has 2 aliphatic heterocycles. The molecular formula is C19H19N3O4S. The fourth-order valence-electron chi connectivity index (χ4n) is 3.60. The van der Waals surface area contributed by atoms with E-state index in [2.05, 4.69) is 5.32 Å². The number of nitrogens with one attached hydrogen (secondary N) is 1. The van der Waals surface area contributed by atoms with Gasteiger partial charge in [0.05, 0.1) is 16.6 Å². The molecule has 2 heterocycles. The maximum Gasteiger partial charge on any atom is 0.329 e. The van der Waals surface area contributed by atoms with E-state index < -0.39 is 34.0 Å². The maximum atomic E-state index is 13.1. The summed E-state index contributed by atoms with van der Waals surface area (Å²) >= 11 is 0. The number of amides is 3. The molecule has 2 saturated heterocycles. The molecule has 2 aromatic carbocycles. The highest BCUT2D eigenvalue weighted by Crippen LogP contribution is 2.31. The number of carbonyl (C=O) groups excluding carboxylic acids is 2. The zero-order chi connectivity index (χ0) is 19.2. The number of urea groups is 1. The van der Waals surface area contributed by atoms with Crippen molar-refractivity contribution in [2.24, 2.45) is 0 Å². The minimum atomic E-state index is -3.85. The number of rotatable bonds is 3. The quantitative estimate of drug-likeness (QED) is 0.874. The number of sulfonamides is 1. The first-order valence-electron chi connectivity index (χ1n) is 8.67. The van der Waals surface area contributed by atoms with Crippen LogP contribution in [0.5, 0.6) is 0 Å². The second-order valence-corrected chi connectivity index (χ2v) is 8.62. The normalized spacial score (nSPS) is 23.2. The van der Waals surface area contributed by atoms with Crippen LogP contribution in [0.1, 0.15) is 12.0 Å². The van der Waals surface area contributed by atoms with Crippen LogP contribution in [0.2, 0.25) is 0 Å². The van der Waals surface area contributed by atoms with Gasteiger partial charge in [-0.25, -0.2) is 18.1 Å². The highest BCUT2D eigenvalue weighted by molar-refractivity contribution is 7.89. The number of para-hydroxylation sites is 1. The van der Waals surface area contributed by atoms with Crippen molar-refractivity contribution in [1.82, 2.24) is 9.62 Å². The van der Waals surface area contributed by atoms with Crippen molar-refractivity contribution in [1.29, 1.82) is 0 Å². The molecule has 2 aliphatic rings. The number of aryl methyl sites for hydroxylation is 1. The minimum Gasteiger partial charge on any atom is -0.332 e. The lowest BCUT2D eigenvalue weighted by Crippen LogP contribution is -2.64. The first-order valence-corrected chi connectivity index (χ1v) is 10.1. The van der Waals surface area contributed by atoms with Gasteiger partial charge < -0.3 is 5.32 Å². The maximum absolute atomic E-state index is 13.1. The molecule has 27 heavy (non-hydrogen) atoms. The van der Waals surface area contributed by atoms with E-state index in [9.17, 15) is 18.0 Å². The number of nitrogens with zero attached hydrogens (tertiary/aromatic N) is 2. The highest BCUT2D eigenvalue weighted by Gasteiger charge is 2.52. The van der Waals surface area contributed by atoms with Gasteiger partial charge in [-0.1, -0.05) is 35.9 Å². The van der Waals surface area contributed by atoms with E-state index in [4.69, 9.17) is 0 Å². The number of fused-ring (bicyclic) bond motifs is 1. The third-order valence-corrected chi connectivity index (χ3v) is 6.87. The number of anilines is 1. The monoisotopic (exact) mass is 385 g/mol. The molecule has 2 fully saturated rings. The Balaban J connectivity index is 1.70. The summed E-state index contributed by atoms with van der Waals surface area (Å²) in [6, 6.07) is 13.0. The Labute approximate surface area is 157 Å². The molecule has 2 atom stereocenters. The molecule has 4 rings (SSSR count). The lowest BCUT2D eigenvalue weighted by atomic mass is 10.1. The van der Waals surface area contributed by atoms with E-state index >= 15 is 0 Å². The van der Waals surface area contributed by atoms with Crippen molar-refractivity contribution in [2.75, 3.05) is 11.4 Å². The minimum absolute atomic E-state index is 0.143. The molecule has 0 saturated carbocycles. The van der Waals surface area contributed by atoms with E-state index in [1.807, 2.05) is 6.92 Å². The molecular weight excluding hydrogens is 366 g/mol. The Morgan fingerprint density at radius 2 is 1.67 bits per heavy atom. The van der Waals surface area contributed by atoms with Crippen molar-refractivity contribution in [3.63, 3.8) is 0 Å². The molecule has 140 valence electrons. The number of carbonyl (C=O) groups is 2. The summed E-state index contributed by atoms with van der Waals surface area (Å²) in [5.41, 5.74) is 1.36. The number of hydrogen-bond acceptors (Lipinski definition) is 4. The molecule has 0 unspecified atom stereocenters. The largest absolute Gasteiger partial charge is 0.332 e. The van der Waals surface area contributed by atoms with Gasteiger partial charge in [-0.15, -0.1) is 0 Å². The van der Waals surface area contributed by atoms with Gasteiger partial charge in [-0.05, 0) is 37.6 Å². The van der Waals surface area contributed by atoms with Gasteiger partial charge in [0.15, 0.2) is 0 Å². The zero-order valence-corrected chi connectivity index (χ0v) is 15.5. The Hall–Kier alpha value is -2.71. The van der Waals surface area contributed by atoms with Gasteiger partial charge in [-0.3, -0.25) is 4.79 Å². The van der Waals surface area contributed by atoms with E-state index in [-0.39, 0.29) is 11.4 Å². The summed E-state index contributed by atoms with van der Waals surface area (Å²) in [7, 11) is -3.85. The Morgan fingerprint density at radius 1 is 1.00 bits per heavy atom.